The molecule has 140 valence electrons. The summed E-state index contributed by atoms with van der Waals surface area (Å²) in [5.74, 6) is -0.136. The molecule has 3 aromatic rings. The Kier molecular flexibility index (Phi) is 5.76. The summed E-state index contributed by atoms with van der Waals surface area (Å²) in [6.07, 6.45) is 0.404. The van der Waals surface area contributed by atoms with Gasteiger partial charge in [0, 0.05) is 31.0 Å². The number of amides is 1. The van der Waals surface area contributed by atoms with Crippen LogP contribution < -0.4 is 10.2 Å². The molecule has 4 nitrogen and oxygen atoms in total. The zero-order valence-corrected chi connectivity index (χ0v) is 16.4. The van der Waals surface area contributed by atoms with E-state index in [1.807, 2.05) is 92.6 Å². The molecule has 3 aromatic carbocycles. The maximum atomic E-state index is 12.7. The lowest BCUT2D eigenvalue weighted by Crippen LogP contribution is -2.14. The van der Waals surface area contributed by atoms with E-state index in [2.05, 4.69) is 11.4 Å². The monoisotopic (exact) mass is 369 g/mol. The average Bonchev–Trinajstić information content (AvgIpc) is 2.70. The first-order chi connectivity index (χ1) is 13.5. The number of rotatable bonds is 5. The van der Waals surface area contributed by atoms with Gasteiger partial charge in [0.05, 0.1) is 12.5 Å². The molecule has 0 aliphatic rings. The Morgan fingerprint density at radius 1 is 1.04 bits per heavy atom. The lowest BCUT2D eigenvalue weighted by atomic mass is 9.98. The normalized spacial score (nSPS) is 10.2. The van der Waals surface area contributed by atoms with E-state index in [1.54, 1.807) is 0 Å². The maximum absolute atomic E-state index is 12.7. The summed E-state index contributed by atoms with van der Waals surface area (Å²) in [5.41, 5.74) is 6.59. The number of hydrogen-bond acceptors (Lipinski definition) is 3. The molecule has 0 heterocycles. The third-order valence-corrected chi connectivity index (χ3v) is 4.67. The molecule has 0 bridgehead atoms. The molecule has 0 aliphatic heterocycles. The van der Waals surface area contributed by atoms with Gasteiger partial charge in [-0.1, -0.05) is 36.4 Å². The molecule has 0 saturated carbocycles. The fourth-order valence-corrected chi connectivity index (χ4v) is 3.03. The highest BCUT2D eigenvalue weighted by Crippen LogP contribution is 2.27. The van der Waals surface area contributed by atoms with Gasteiger partial charge in [-0.05, 0) is 59.5 Å². The minimum absolute atomic E-state index is 0.136. The number of aryl methyl sites for hydroxylation is 1. The van der Waals surface area contributed by atoms with Crippen molar-refractivity contribution < 1.29 is 4.79 Å². The van der Waals surface area contributed by atoms with Crippen LogP contribution in [0.1, 0.15) is 21.5 Å². The van der Waals surface area contributed by atoms with Crippen LogP contribution in [0.3, 0.4) is 0 Å². The molecular weight excluding hydrogens is 346 g/mol. The molecule has 0 aromatic heterocycles. The van der Waals surface area contributed by atoms with Gasteiger partial charge < -0.3 is 10.2 Å². The first kappa shape index (κ1) is 19.2. The molecule has 0 saturated heterocycles. The van der Waals surface area contributed by atoms with Gasteiger partial charge in [0.25, 0.3) is 5.91 Å². The van der Waals surface area contributed by atoms with Gasteiger partial charge >= 0.3 is 0 Å². The van der Waals surface area contributed by atoms with E-state index in [0.717, 1.165) is 33.6 Å². The second-order valence-electron chi connectivity index (χ2n) is 6.96. The van der Waals surface area contributed by atoms with Crippen LogP contribution in [0.2, 0.25) is 0 Å². The predicted octanol–water partition coefficient (Wildman–Crippen LogP) is 5.05. The Labute approximate surface area is 166 Å². The number of carbonyl (C=O) groups is 1. The minimum Gasteiger partial charge on any atom is -0.378 e. The number of carbonyl (C=O) groups excluding carboxylic acids is 1. The van der Waals surface area contributed by atoms with Crippen LogP contribution in [0.15, 0.2) is 66.7 Å². The van der Waals surface area contributed by atoms with Crippen molar-refractivity contribution in [3.8, 4) is 17.2 Å². The summed E-state index contributed by atoms with van der Waals surface area (Å²) in [6.45, 7) is 2.05. The maximum Gasteiger partial charge on any atom is 0.255 e. The Bertz CT molecular complexity index is 1030. The van der Waals surface area contributed by atoms with E-state index >= 15 is 0 Å². The van der Waals surface area contributed by atoms with Crippen molar-refractivity contribution in [1.29, 1.82) is 5.26 Å². The zero-order chi connectivity index (χ0) is 20.1. The highest BCUT2D eigenvalue weighted by molar-refractivity contribution is 6.05. The molecule has 0 aliphatic carbocycles. The lowest BCUT2D eigenvalue weighted by Gasteiger charge is -2.14. The molecule has 1 amide bonds. The molecular formula is C24H23N3O. The van der Waals surface area contributed by atoms with E-state index in [4.69, 9.17) is 5.26 Å². The second-order valence-corrected chi connectivity index (χ2v) is 6.96. The van der Waals surface area contributed by atoms with Crippen LogP contribution in [0.5, 0.6) is 0 Å². The molecule has 28 heavy (non-hydrogen) atoms. The van der Waals surface area contributed by atoms with Gasteiger partial charge in [-0.15, -0.1) is 0 Å². The van der Waals surface area contributed by atoms with Crippen molar-refractivity contribution >= 4 is 17.3 Å². The first-order valence-corrected chi connectivity index (χ1v) is 9.13. The summed E-state index contributed by atoms with van der Waals surface area (Å²) in [6, 6.07) is 23.6. The summed E-state index contributed by atoms with van der Waals surface area (Å²) in [5, 5.41) is 11.8. The van der Waals surface area contributed by atoms with E-state index in [1.165, 1.54) is 0 Å². The van der Waals surface area contributed by atoms with Gasteiger partial charge in [0.1, 0.15) is 0 Å². The number of nitrogens with zero attached hydrogens (tertiary/aromatic N) is 2. The summed E-state index contributed by atoms with van der Waals surface area (Å²) >= 11 is 0. The van der Waals surface area contributed by atoms with Crippen molar-refractivity contribution in [2.24, 2.45) is 0 Å². The quantitative estimate of drug-likeness (QED) is 0.685. The Morgan fingerprint density at radius 2 is 1.79 bits per heavy atom. The van der Waals surface area contributed by atoms with Crippen LogP contribution in [-0.4, -0.2) is 20.0 Å². The smallest absolute Gasteiger partial charge is 0.255 e. The van der Waals surface area contributed by atoms with E-state index in [-0.39, 0.29) is 5.91 Å². The standard InChI is InChI=1S/C24H23N3O/c1-17-7-12-21(16-23(17)19-10-8-18(9-11-19)13-14-25)26-24(28)20-5-4-6-22(15-20)27(2)3/h4-12,15-16H,13H2,1-3H3,(H,26,28). The number of nitriles is 1. The molecule has 3 rings (SSSR count). The van der Waals surface area contributed by atoms with E-state index in [9.17, 15) is 4.79 Å². The number of hydrogen-bond donors (Lipinski definition) is 1. The summed E-state index contributed by atoms with van der Waals surface area (Å²) in [7, 11) is 3.90. The Balaban J connectivity index is 1.84. The molecule has 0 atom stereocenters. The SMILES string of the molecule is Cc1ccc(NC(=O)c2cccc(N(C)C)c2)cc1-c1ccc(CC#N)cc1. The highest BCUT2D eigenvalue weighted by Gasteiger charge is 2.10. The largest absolute Gasteiger partial charge is 0.378 e. The van der Waals surface area contributed by atoms with Gasteiger partial charge in [0.15, 0.2) is 0 Å². The molecule has 1 N–H and O–H groups in total. The van der Waals surface area contributed by atoms with Crippen LogP contribution in [0.25, 0.3) is 11.1 Å². The van der Waals surface area contributed by atoms with Gasteiger partial charge in [-0.3, -0.25) is 4.79 Å². The third kappa shape index (κ3) is 4.39. The van der Waals surface area contributed by atoms with Crippen molar-refractivity contribution in [2.45, 2.75) is 13.3 Å². The molecule has 0 spiro atoms. The number of nitrogens with one attached hydrogen (secondary N) is 1. The van der Waals surface area contributed by atoms with Gasteiger partial charge in [-0.2, -0.15) is 5.26 Å². The van der Waals surface area contributed by atoms with Crippen LogP contribution in [0, 0.1) is 18.3 Å². The molecule has 4 heteroatoms. The lowest BCUT2D eigenvalue weighted by molar-refractivity contribution is 0.102. The molecule has 0 radical (unpaired) electrons. The fraction of sp³-hybridized carbons (Fsp3) is 0.167. The number of benzene rings is 3. The number of anilines is 2. The Morgan fingerprint density at radius 3 is 2.46 bits per heavy atom. The predicted molar refractivity (Wildman–Crippen MR) is 115 cm³/mol. The van der Waals surface area contributed by atoms with E-state index in [0.29, 0.717) is 12.0 Å². The molecule has 0 unspecified atom stereocenters. The fourth-order valence-electron chi connectivity index (χ4n) is 3.03. The van der Waals surface area contributed by atoms with Gasteiger partial charge in [0.2, 0.25) is 0 Å². The van der Waals surface area contributed by atoms with Crippen molar-refractivity contribution in [3.63, 3.8) is 0 Å². The Hall–Kier alpha value is -3.58. The third-order valence-electron chi connectivity index (χ3n) is 4.67. The second kappa shape index (κ2) is 8.41. The zero-order valence-electron chi connectivity index (χ0n) is 16.4. The molecule has 0 fully saturated rings. The summed E-state index contributed by atoms with van der Waals surface area (Å²) < 4.78 is 0. The van der Waals surface area contributed by atoms with Crippen LogP contribution in [-0.2, 0) is 6.42 Å². The first-order valence-electron chi connectivity index (χ1n) is 9.13. The minimum atomic E-state index is -0.136. The van der Waals surface area contributed by atoms with E-state index < -0.39 is 0 Å². The van der Waals surface area contributed by atoms with Crippen molar-refractivity contribution in [3.05, 3.63) is 83.4 Å². The van der Waals surface area contributed by atoms with Crippen molar-refractivity contribution in [1.82, 2.24) is 0 Å². The average molecular weight is 369 g/mol. The highest BCUT2D eigenvalue weighted by atomic mass is 16.1. The topological polar surface area (TPSA) is 56.1 Å². The van der Waals surface area contributed by atoms with Crippen molar-refractivity contribution in [2.75, 3.05) is 24.3 Å². The van der Waals surface area contributed by atoms with Gasteiger partial charge in [-0.25, -0.2) is 0 Å². The summed E-state index contributed by atoms with van der Waals surface area (Å²) in [4.78, 5) is 14.6. The van der Waals surface area contributed by atoms with Crippen LogP contribution >= 0.6 is 0 Å². The van der Waals surface area contributed by atoms with Crippen LogP contribution in [0.4, 0.5) is 11.4 Å².